The highest BCUT2D eigenvalue weighted by Gasteiger charge is 2.63. The Balaban J connectivity index is 1.53. The zero-order chi connectivity index (χ0) is 29.9. The number of methoxy groups -OCH3 is 1. The Bertz CT molecular complexity index is 966. The Morgan fingerprint density at radius 1 is 1.10 bits per heavy atom. The number of rotatable bonds is 11. The molecule has 226 valence electrons. The van der Waals surface area contributed by atoms with Crippen molar-refractivity contribution in [1.82, 2.24) is 0 Å². The van der Waals surface area contributed by atoms with Crippen LogP contribution in [-0.2, 0) is 29.7 Å². The number of aliphatic hydroxyl groups excluding tert-OH is 1. The number of ketones is 1. The molecule has 1 aromatic rings. The van der Waals surface area contributed by atoms with E-state index in [0.717, 1.165) is 11.3 Å². The number of carbonyl (C=O) groups excluding carboxylic acids is 1. The summed E-state index contributed by atoms with van der Waals surface area (Å²) in [5.41, 5.74) is 1.03. The van der Waals surface area contributed by atoms with E-state index in [2.05, 4.69) is 48.1 Å². The van der Waals surface area contributed by atoms with E-state index in [-0.39, 0.29) is 46.0 Å². The Morgan fingerprint density at radius 2 is 1.73 bits per heavy atom. The molecule has 2 saturated heterocycles. The third-order valence-corrected chi connectivity index (χ3v) is 13.6. The van der Waals surface area contributed by atoms with E-state index >= 15 is 0 Å². The van der Waals surface area contributed by atoms with Gasteiger partial charge in [-0.15, -0.1) is 6.58 Å². The maximum absolute atomic E-state index is 13.1. The molecule has 0 spiro atoms. The summed E-state index contributed by atoms with van der Waals surface area (Å²) in [4.78, 5) is 13.1. The van der Waals surface area contributed by atoms with Gasteiger partial charge in [0.15, 0.2) is 0 Å². The number of carbonyl (C=O) groups is 1. The molecular weight excluding hydrogens is 524 g/mol. The second kappa shape index (κ2) is 13.2. The Labute approximate surface area is 242 Å². The minimum atomic E-state index is -2.64. The van der Waals surface area contributed by atoms with Crippen molar-refractivity contribution in [3.8, 4) is 5.75 Å². The fourth-order valence-electron chi connectivity index (χ4n) is 6.46. The molecule has 0 radical (unpaired) electrons. The van der Waals surface area contributed by atoms with Crippen LogP contribution in [0.3, 0.4) is 0 Å². The van der Waals surface area contributed by atoms with Gasteiger partial charge in [0.05, 0.1) is 44.7 Å². The average molecular weight is 577 g/mol. The minimum absolute atomic E-state index is 0.0231. The number of hydrogen-bond donors (Lipinski definition) is 1. The van der Waals surface area contributed by atoms with Crippen LogP contribution < -0.4 is 4.74 Å². The summed E-state index contributed by atoms with van der Waals surface area (Å²) in [6, 6.07) is 7.73. The van der Waals surface area contributed by atoms with Crippen LogP contribution in [0.15, 0.2) is 36.9 Å². The van der Waals surface area contributed by atoms with Crippen LogP contribution in [0.5, 0.6) is 5.75 Å². The quantitative estimate of drug-likeness (QED) is 0.242. The van der Waals surface area contributed by atoms with Gasteiger partial charge in [0, 0.05) is 29.3 Å². The second-order valence-corrected chi connectivity index (χ2v) is 18.5. The van der Waals surface area contributed by atoms with Crippen molar-refractivity contribution in [3.05, 3.63) is 42.5 Å². The fourth-order valence-corrected chi connectivity index (χ4v) is 11.4. The predicted octanol–water partition coefficient (Wildman–Crippen LogP) is 6.36. The highest BCUT2D eigenvalue weighted by Crippen LogP contribution is 2.55. The lowest BCUT2D eigenvalue weighted by molar-refractivity contribution is -0.211. The van der Waals surface area contributed by atoms with Crippen molar-refractivity contribution in [2.75, 3.05) is 13.7 Å². The molecule has 7 nitrogen and oxygen atoms in total. The molecule has 1 aromatic carbocycles. The number of Topliss-reactive ketones (excluding diaryl/α,β-unsaturated/α-hetero) is 1. The number of hydrogen-bond acceptors (Lipinski definition) is 7. The standard InChI is InChI=1S/C32H52O7Si/c1-11-27(36-19-23-12-14-25(35-10)15-13-23)21(2)16-24(33)17-22(3)30-26(34)18-28-29(38-30)20-37-40(39-28,31(4,5)6)32(7,8)9/h11-15,21-22,26-30,34H,1,16-20H2,2-10H3/t21-,22-,26-,27+,28+,29+,30-/m0/s1. The van der Waals surface area contributed by atoms with Crippen LogP contribution in [0.25, 0.3) is 0 Å². The van der Waals surface area contributed by atoms with E-state index in [9.17, 15) is 9.90 Å². The molecule has 0 saturated carbocycles. The number of fused-ring (bicyclic) bond motifs is 1. The minimum Gasteiger partial charge on any atom is -0.497 e. The van der Waals surface area contributed by atoms with Crippen LogP contribution >= 0.6 is 0 Å². The van der Waals surface area contributed by atoms with Crippen molar-refractivity contribution in [2.45, 2.75) is 122 Å². The molecule has 2 aliphatic rings. The van der Waals surface area contributed by atoms with Gasteiger partial charge in [0.2, 0.25) is 0 Å². The maximum atomic E-state index is 13.1. The molecule has 7 atom stereocenters. The van der Waals surface area contributed by atoms with Crippen LogP contribution in [-0.4, -0.2) is 63.7 Å². The van der Waals surface area contributed by atoms with Crippen molar-refractivity contribution >= 4 is 14.3 Å². The second-order valence-electron chi connectivity index (χ2n) is 13.8. The predicted molar refractivity (Wildman–Crippen MR) is 160 cm³/mol. The normalized spacial score (nSPS) is 27.2. The zero-order valence-electron chi connectivity index (χ0n) is 26.1. The fraction of sp³-hybridized carbons (Fsp3) is 0.719. The first-order valence-electron chi connectivity index (χ1n) is 14.7. The molecule has 40 heavy (non-hydrogen) atoms. The van der Waals surface area contributed by atoms with Gasteiger partial charge in [-0.3, -0.25) is 4.79 Å². The summed E-state index contributed by atoms with van der Waals surface area (Å²) in [7, 11) is -0.996. The smallest absolute Gasteiger partial charge is 0.349 e. The van der Waals surface area contributed by atoms with Gasteiger partial charge in [-0.1, -0.05) is 73.6 Å². The number of ether oxygens (including phenoxy) is 3. The molecule has 2 aliphatic heterocycles. The summed E-state index contributed by atoms with van der Waals surface area (Å²) in [5.74, 6) is 0.770. The lowest BCUT2D eigenvalue weighted by Crippen LogP contribution is -2.67. The van der Waals surface area contributed by atoms with Crippen LogP contribution in [0.1, 0.15) is 80.2 Å². The van der Waals surface area contributed by atoms with Gasteiger partial charge in [-0.2, -0.15) is 0 Å². The summed E-state index contributed by atoms with van der Waals surface area (Å²) in [5, 5.41) is 10.8. The van der Waals surface area contributed by atoms with E-state index in [0.29, 0.717) is 32.5 Å². The van der Waals surface area contributed by atoms with Gasteiger partial charge in [0.1, 0.15) is 17.6 Å². The molecule has 2 heterocycles. The van der Waals surface area contributed by atoms with E-state index in [1.54, 1.807) is 13.2 Å². The molecule has 0 bridgehead atoms. The van der Waals surface area contributed by atoms with E-state index in [1.807, 2.05) is 38.1 Å². The van der Waals surface area contributed by atoms with Gasteiger partial charge >= 0.3 is 8.56 Å². The van der Waals surface area contributed by atoms with Gasteiger partial charge in [-0.05, 0) is 29.5 Å². The number of benzene rings is 1. The van der Waals surface area contributed by atoms with E-state index < -0.39 is 20.8 Å². The Kier molecular flexibility index (Phi) is 10.9. The van der Waals surface area contributed by atoms with Crippen molar-refractivity contribution in [3.63, 3.8) is 0 Å². The molecular formula is C32H52O7Si. The summed E-state index contributed by atoms with van der Waals surface area (Å²) in [6.45, 7) is 21.9. The first-order chi connectivity index (χ1) is 18.6. The average Bonchev–Trinajstić information content (AvgIpc) is 2.87. The first kappa shape index (κ1) is 33.0. The first-order valence-corrected chi connectivity index (χ1v) is 16.5. The molecule has 0 aliphatic carbocycles. The monoisotopic (exact) mass is 576 g/mol. The SMILES string of the molecule is C=C[C@@H](OCc1ccc(OC)cc1)[C@@H](C)CC(=O)C[C@H](C)[C@@H]1O[C@@H]2CO[Si](C(C)(C)C)(C(C)(C)C)O[C@@H]2C[C@@H]1O. The van der Waals surface area contributed by atoms with Gasteiger partial charge < -0.3 is 28.2 Å². The summed E-state index contributed by atoms with van der Waals surface area (Å²) >= 11 is 0. The number of aliphatic hydroxyl groups is 1. The molecule has 0 unspecified atom stereocenters. The lowest BCUT2D eigenvalue weighted by Gasteiger charge is -2.56. The Hall–Kier alpha value is -1.55. The molecule has 2 fully saturated rings. The van der Waals surface area contributed by atoms with Crippen LogP contribution in [0.4, 0.5) is 0 Å². The van der Waals surface area contributed by atoms with Crippen molar-refractivity contribution in [1.29, 1.82) is 0 Å². The lowest BCUT2D eigenvalue weighted by atomic mass is 9.86. The van der Waals surface area contributed by atoms with Crippen molar-refractivity contribution < 1.29 is 33.0 Å². The molecule has 1 N–H and O–H groups in total. The zero-order valence-corrected chi connectivity index (χ0v) is 27.1. The van der Waals surface area contributed by atoms with Crippen LogP contribution in [0, 0.1) is 11.8 Å². The molecule has 0 amide bonds. The largest absolute Gasteiger partial charge is 0.497 e. The highest BCUT2D eigenvalue weighted by molar-refractivity contribution is 6.73. The topological polar surface area (TPSA) is 83.5 Å². The Morgan fingerprint density at radius 3 is 2.27 bits per heavy atom. The van der Waals surface area contributed by atoms with E-state index in [4.69, 9.17) is 23.1 Å². The van der Waals surface area contributed by atoms with Crippen LogP contribution in [0.2, 0.25) is 10.1 Å². The maximum Gasteiger partial charge on any atom is 0.349 e. The third kappa shape index (κ3) is 7.44. The summed E-state index contributed by atoms with van der Waals surface area (Å²) in [6.07, 6.45) is 1.13. The third-order valence-electron chi connectivity index (χ3n) is 8.40. The molecule has 0 aromatic heterocycles. The summed E-state index contributed by atoms with van der Waals surface area (Å²) < 4.78 is 31.0. The van der Waals surface area contributed by atoms with Crippen molar-refractivity contribution in [2.24, 2.45) is 11.8 Å². The van der Waals surface area contributed by atoms with Gasteiger partial charge in [0.25, 0.3) is 0 Å². The van der Waals surface area contributed by atoms with Gasteiger partial charge in [-0.25, -0.2) is 0 Å². The molecule has 8 heteroatoms. The highest BCUT2D eigenvalue weighted by atomic mass is 28.4. The molecule has 3 rings (SSSR count). The van der Waals surface area contributed by atoms with E-state index in [1.165, 1.54) is 0 Å².